The largest absolute Gasteiger partial charge is 0.338 e. The maximum Gasteiger partial charge on any atom is 0.244 e. The summed E-state index contributed by atoms with van der Waals surface area (Å²) in [5, 5.41) is 0. The zero-order chi connectivity index (χ0) is 16.9. The Hall–Kier alpha value is -1.39. The minimum absolute atomic E-state index is 0.0999. The van der Waals surface area contributed by atoms with Crippen LogP contribution >= 0.6 is 0 Å². The molecule has 0 spiro atoms. The Kier molecular flexibility index (Phi) is 5.90. The number of piperidine rings is 1. The van der Waals surface area contributed by atoms with Crippen LogP contribution in [0.4, 0.5) is 0 Å². The van der Waals surface area contributed by atoms with Crippen LogP contribution in [-0.2, 0) is 4.79 Å². The van der Waals surface area contributed by atoms with Crippen LogP contribution < -0.4 is 0 Å². The predicted octanol–water partition coefficient (Wildman–Crippen LogP) is 2.77. The standard InChI is InChI=1S/C20H31N3O/c1-17(2)21-13-15-23(16-14-21)20(24)19(18-9-5-3-6-10-18)22-11-7-4-8-12-22/h3,5-6,9-10,17,19H,4,7-8,11-16H2,1-2H3. The van der Waals surface area contributed by atoms with Gasteiger partial charge in [0.1, 0.15) is 6.04 Å². The lowest BCUT2D eigenvalue weighted by Gasteiger charge is -2.41. The monoisotopic (exact) mass is 329 g/mol. The molecule has 1 unspecified atom stereocenters. The number of nitrogens with zero attached hydrogens (tertiary/aromatic N) is 3. The first-order valence-electron chi connectivity index (χ1n) is 9.48. The molecule has 0 bridgehead atoms. The summed E-state index contributed by atoms with van der Waals surface area (Å²) in [6.07, 6.45) is 3.70. The highest BCUT2D eigenvalue weighted by Gasteiger charge is 2.33. The fraction of sp³-hybridized carbons (Fsp3) is 0.650. The number of amides is 1. The Morgan fingerprint density at radius 1 is 0.833 bits per heavy atom. The van der Waals surface area contributed by atoms with Gasteiger partial charge >= 0.3 is 0 Å². The van der Waals surface area contributed by atoms with E-state index in [0.29, 0.717) is 11.9 Å². The number of rotatable bonds is 4. The summed E-state index contributed by atoms with van der Waals surface area (Å²) in [5.41, 5.74) is 1.15. The van der Waals surface area contributed by atoms with Gasteiger partial charge in [0.15, 0.2) is 0 Å². The van der Waals surface area contributed by atoms with Crippen LogP contribution in [0.5, 0.6) is 0 Å². The third-order valence-electron chi connectivity index (χ3n) is 5.46. The average molecular weight is 329 g/mol. The van der Waals surface area contributed by atoms with E-state index < -0.39 is 0 Å². The van der Waals surface area contributed by atoms with Gasteiger partial charge in [0, 0.05) is 32.2 Å². The van der Waals surface area contributed by atoms with Gasteiger partial charge in [-0.05, 0) is 45.3 Å². The first-order valence-corrected chi connectivity index (χ1v) is 9.48. The van der Waals surface area contributed by atoms with Crippen LogP contribution in [-0.4, -0.2) is 65.9 Å². The molecule has 2 aliphatic rings. The molecule has 1 amide bonds. The molecule has 132 valence electrons. The van der Waals surface area contributed by atoms with Crippen molar-refractivity contribution >= 4 is 5.91 Å². The van der Waals surface area contributed by atoms with Crippen LogP contribution in [0.25, 0.3) is 0 Å². The molecular weight excluding hydrogens is 298 g/mol. The molecule has 4 heteroatoms. The first kappa shape index (κ1) is 17.4. The van der Waals surface area contributed by atoms with Crippen LogP contribution in [0.3, 0.4) is 0 Å². The van der Waals surface area contributed by atoms with E-state index in [2.05, 4.69) is 52.8 Å². The minimum atomic E-state index is -0.0999. The molecule has 2 heterocycles. The van der Waals surface area contributed by atoms with E-state index in [1.54, 1.807) is 0 Å². The highest BCUT2D eigenvalue weighted by atomic mass is 16.2. The van der Waals surface area contributed by atoms with Crippen LogP contribution in [0.15, 0.2) is 30.3 Å². The SMILES string of the molecule is CC(C)N1CCN(C(=O)C(c2ccccc2)N2CCCCC2)CC1. The number of hydrogen-bond donors (Lipinski definition) is 0. The Morgan fingerprint density at radius 3 is 2.04 bits per heavy atom. The maximum absolute atomic E-state index is 13.3. The molecule has 0 aromatic heterocycles. The third-order valence-corrected chi connectivity index (χ3v) is 5.46. The number of likely N-dealkylation sites (tertiary alicyclic amines) is 1. The van der Waals surface area contributed by atoms with Crippen molar-refractivity contribution in [2.24, 2.45) is 0 Å². The van der Waals surface area contributed by atoms with E-state index in [1.807, 2.05) is 6.07 Å². The number of benzene rings is 1. The molecular formula is C20H31N3O. The summed E-state index contributed by atoms with van der Waals surface area (Å²) in [6, 6.07) is 10.8. The van der Waals surface area contributed by atoms with Gasteiger partial charge in [-0.2, -0.15) is 0 Å². The second kappa shape index (κ2) is 8.13. The maximum atomic E-state index is 13.3. The van der Waals surface area contributed by atoms with E-state index in [1.165, 1.54) is 19.3 Å². The molecule has 3 rings (SSSR count). The van der Waals surface area contributed by atoms with Crippen LogP contribution in [0.2, 0.25) is 0 Å². The number of carbonyl (C=O) groups excluding carboxylic acids is 1. The molecule has 2 fully saturated rings. The highest BCUT2D eigenvalue weighted by molar-refractivity contribution is 5.83. The third kappa shape index (κ3) is 3.98. The van der Waals surface area contributed by atoms with Crippen molar-refractivity contribution in [2.75, 3.05) is 39.3 Å². The second-order valence-electron chi connectivity index (χ2n) is 7.36. The summed E-state index contributed by atoms with van der Waals surface area (Å²) in [6.45, 7) is 10.2. The van der Waals surface area contributed by atoms with Gasteiger partial charge in [-0.1, -0.05) is 36.8 Å². The molecule has 0 radical (unpaired) electrons. The van der Waals surface area contributed by atoms with Crippen molar-refractivity contribution in [3.05, 3.63) is 35.9 Å². The topological polar surface area (TPSA) is 26.8 Å². The zero-order valence-corrected chi connectivity index (χ0v) is 15.2. The molecule has 0 saturated carbocycles. The summed E-state index contributed by atoms with van der Waals surface area (Å²) in [4.78, 5) is 20.3. The van der Waals surface area contributed by atoms with Crippen molar-refractivity contribution in [1.82, 2.24) is 14.7 Å². The van der Waals surface area contributed by atoms with Gasteiger partial charge < -0.3 is 4.90 Å². The van der Waals surface area contributed by atoms with E-state index in [4.69, 9.17) is 0 Å². The molecule has 2 aliphatic heterocycles. The quantitative estimate of drug-likeness (QED) is 0.850. The average Bonchev–Trinajstić information content (AvgIpc) is 2.64. The van der Waals surface area contributed by atoms with Crippen molar-refractivity contribution in [1.29, 1.82) is 0 Å². The summed E-state index contributed by atoms with van der Waals surface area (Å²) >= 11 is 0. The fourth-order valence-electron chi connectivity index (χ4n) is 3.95. The molecule has 24 heavy (non-hydrogen) atoms. The number of hydrogen-bond acceptors (Lipinski definition) is 3. The summed E-state index contributed by atoms with van der Waals surface area (Å²) in [5.74, 6) is 0.298. The fourth-order valence-corrected chi connectivity index (χ4v) is 3.95. The van der Waals surface area contributed by atoms with Gasteiger partial charge in [-0.25, -0.2) is 0 Å². The van der Waals surface area contributed by atoms with Crippen molar-refractivity contribution in [3.8, 4) is 0 Å². The van der Waals surface area contributed by atoms with Crippen molar-refractivity contribution in [3.63, 3.8) is 0 Å². The van der Waals surface area contributed by atoms with Gasteiger partial charge in [-0.15, -0.1) is 0 Å². The van der Waals surface area contributed by atoms with Crippen molar-refractivity contribution in [2.45, 2.75) is 45.2 Å². The lowest BCUT2D eigenvalue weighted by molar-refractivity contribution is -0.139. The molecule has 1 atom stereocenters. The van der Waals surface area contributed by atoms with E-state index >= 15 is 0 Å². The molecule has 0 N–H and O–H groups in total. The van der Waals surface area contributed by atoms with Gasteiger partial charge in [-0.3, -0.25) is 14.6 Å². The van der Waals surface area contributed by atoms with E-state index in [9.17, 15) is 4.79 Å². The molecule has 2 saturated heterocycles. The lowest BCUT2D eigenvalue weighted by Crippen LogP contribution is -2.53. The van der Waals surface area contributed by atoms with E-state index in [-0.39, 0.29) is 6.04 Å². The molecule has 1 aromatic rings. The first-order chi connectivity index (χ1) is 11.7. The van der Waals surface area contributed by atoms with Gasteiger partial charge in [0.25, 0.3) is 0 Å². The Morgan fingerprint density at radius 2 is 1.46 bits per heavy atom. The van der Waals surface area contributed by atoms with Crippen molar-refractivity contribution < 1.29 is 4.79 Å². The Labute approximate surface area is 146 Å². The normalized spacial score (nSPS) is 21.9. The second-order valence-corrected chi connectivity index (χ2v) is 7.36. The molecule has 1 aromatic carbocycles. The minimum Gasteiger partial charge on any atom is -0.338 e. The highest BCUT2D eigenvalue weighted by Crippen LogP contribution is 2.27. The smallest absolute Gasteiger partial charge is 0.244 e. The van der Waals surface area contributed by atoms with Crippen LogP contribution in [0, 0.1) is 0 Å². The Balaban J connectivity index is 1.74. The Bertz CT molecular complexity index is 517. The predicted molar refractivity (Wildman–Crippen MR) is 97.9 cm³/mol. The number of piperazine rings is 1. The van der Waals surface area contributed by atoms with Gasteiger partial charge in [0.2, 0.25) is 5.91 Å². The molecule has 4 nitrogen and oxygen atoms in total. The van der Waals surface area contributed by atoms with E-state index in [0.717, 1.165) is 44.8 Å². The zero-order valence-electron chi connectivity index (χ0n) is 15.2. The summed E-state index contributed by atoms with van der Waals surface area (Å²) in [7, 11) is 0. The lowest BCUT2D eigenvalue weighted by atomic mass is 10.00. The van der Waals surface area contributed by atoms with Gasteiger partial charge in [0.05, 0.1) is 0 Å². The van der Waals surface area contributed by atoms with Crippen LogP contribution in [0.1, 0.15) is 44.7 Å². The number of carbonyl (C=O) groups is 1. The molecule has 0 aliphatic carbocycles. The summed E-state index contributed by atoms with van der Waals surface area (Å²) < 4.78 is 0.